The Balaban J connectivity index is 4.37. The van der Waals surface area contributed by atoms with Gasteiger partial charge in [0, 0.05) is 19.3 Å². The van der Waals surface area contributed by atoms with E-state index in [0.717, 1.165) is 83.5 Å². The number of carbonyl (C=O) groups is 3. The molecule has 6 nitrogen and oxygen atoms in total. The first-order chi connectivity index (χ1) is 37.0. The van der Waals surface area contributed by atoms with Crippen LogP contribution in [0.5, 0.6) is 0 Å². The van der Waals surface area contributed by atoms with Crippen LogP contribution in [0.3, 0.4) is 0 Å². The molecule has 0 aliphatic carbocycles. The summed E-state index contributed by atoms with van der Waals surface area (Å²) in [6.07, 6.45) is 80.8. The number of carbonyl (C=O) groups excluding carboxylic acids is 3. The number of hydrogen-bond acceptors (Lipinski definition) is 6. The van der Waals surface area contributed by atoms with Crippen molar-refractivity contribution < 1.29 is 28.6 Å². The summed E-state index contributed by atoms with van der Waals surface area (Å²) in [5.41, 5.74) is 0. The van der Waals surface area contributed by atoms with Gasteiger partial charge in [0.2, 0.25) is 0 Å². The van der Waals surface area contributed by atoms with Crippen molar-refractivity contribution >= 4 is 17.9 Å². The van der Waals surface area contributed by atoms with E-state index in [1.165, 1.54) is 218 Å². The minimum absolute atomic E-state index is 0.0806. The van der Waals surface area contributed by atoms with Gasteiger partial charge in [0.25, 0.3) is 0 Å². The summed E-state index contributed by atoms with van der Waals surface area (Å²) in [6.45, 7) is 6.63. The van der Waals surface area contributed by atoms with Crippen LogP contribution in [0.1, 0.15) is 342 Å². The molecule has 0 aromatic rings. The predicted molar refractivity (Wildman–Crippen MR) is 325 cm³/mol. The lowest BCUT2D eigenvalue weighted by Crippen LogP contribution is -2.30. The molecule has 0 aliphatic heterocycles. The monoisotopic (exact) mass is 1050 g/mol. The second-order valence-electron chi connectivity index (χ2n) is 22.0. The van der Waals surface area contributed by atoms with Gasteiger partial charge in [0.05, 0.1) is 0 Å². The third-order valence-corrected chi connectivity index (χ3v) is 14.5. The Hall–Kier alpha value is -2.89. The lowest BCUT2D eigenvalue weighted by molar-refractivity contribution is -0.167. The van der Waals surface area contributed by atoms with E-state index < -0.39 is 6.10 Å². The minimum atomic E-state index is -0.786. The van der Waals surface area contributed by atoms with Crippen molar-refractivity contribution in [3.63, 3.8) is 0 Å². The van der Waals surface area contributed by atoms with Gasteiger partial charge in [-0.3, -0.25) is 14.4 Å². The molecule has 0 spiro atoms. The predicted octanol–water partition coefficient (Wildman–Crippen LogP) is 22.3. The Morgan fingerprint density at radius 2 is 0.480 bits per heavy atom. The van der Waals surface area contributed by atoms with Crippen molar-refractivity contribution in [1.29, 1.82) is 0 Å². The number of hydrogen-bond donors (Lipinski definition) is 0. The van der Waals surface area contributed by atoms with Crippen molar-refractivity contribution in [2.75, 3.05) is 13.2 Å². The quantitative estimate of drug-likeness (QED) is 0.0261. The lowest BCUT2D eigenvalue weighted by Gasteiger charge is -2.18. The fourth-order valence-corrected chi connectivity index (χ4v) is 9.50. The summed E-state index contributed by atoms with van der Waals surface area (Å²) in [6, 6.07) is 0. The van der Waals surface area contributed by atoms with Crippen LogP contribution in [-0.2, 0) is 28.6 Å². The summed E-state index contributed by atoms with van der Waals surface area (Å²) in [7, 11) is 0. The smallest absolute Gasteiger partial charge is 0.306 e. The molecule has 0 saturated carbocycles. The fourth-order valence-electron chi connectivity index (χ4n) is 9.50. The van der Waals surface area contributed by atoms with Crippen LogP contribution in [0.4, 0.5) is 0 Å². The molecule has 75 heavy (non-hydrogen) atoms. The highest BCUT2D eigenvalue weighted by molar-refractivity contribution is 5.71. The molecular formula is C69H124O6. The Bertz CT molecular complexity index is 1340. The van der Waals surface area contributed by atoms with Gasteiger partial charge in [-0.05, 0) is 109 Å². The summed E-state index contributed by atoms with van der Waals surface area (Å²) in [4.78, 5) is 38.4. The average Bonchev–Trinajstić information content (AvgIpc) is 3.41. The molecule has 0 radical (unpaired) electrons. The summed E-state index contributed by atoms with van der Waals surface area (Å²) in [5, 5.41) is 0. The first kappa shape index (κ1) is 72.1. The van der Waals surface area contributed by atoms with Gasteiger partial charge >= 0.3 is 17.9 Å². The second kappa shape index (κ2) is 63.6. The van der Waals surface area contributed by atoms with E-state index in [-0.39, 0.29) is 31.1 Å². The molecule has 0 saturated heterocycles. The number of allylic oxidation sites excluding steroid dienone is 10. The van der Waals surface area contributed by atoms with Crippen LogP contribution in [-0.4, -0.2) is 37.2 Å². The van der Waals surface area contributed by atoms with Crippen LogP contribution in [0.2, 0.25) is 0 Å². The molecule has 0 aromatic heterocycles. The molecular weight excluding hydrogens is 925 g/mol. The average molecular weight is 1050 g/mol. The van der Waals surface area contributed by atoms with Gasteiger partial charge in [-0.15, -0.1) is 0 Å². The third kappa shape index (κ3) is 61.8. The molecule has 0 unspecified atom stereocenters. The fraction of sp³-hybridized carbons (Fsp3) is 0.812. The zero-order valence-electron chi connectivity index (χ0n) is 50.1. The SMILES string of the molecule is CCCCC/C=C\C/C=C\C/C=C\CCCCCCC(=O)OC[C@H](COC(=O)CCCCCCCCCCCCC/C=C\CCCCCCCC)OC(=O)CCCCCCCCCCC/C=C\CCCCCCCC. The number of unbranched alkanes of at least 4 members (excludes halogenated alkanes) is 39. The van der Waals surface area contributed by atoms with Crippen molar-refractivity contribution in [2.45, 2.75) is 348 Å². The van der Waals surface area contributed by atoms with Gasteiger partial charge in [0.1, 0.15) is 13.2 Å². The first-order valence-electron chi connectivity index (χ1n) is 32.8. The third-order valence-electron chi connectivity index (χ3n) is 14.5. The second-order valence-corrected chi connectivity index (χ2v) is 22.0. The molecule has 0 aromatic carbocycles. The van der Waals surface area contributed by atoms with Gasteiger partial charge in [-0.2, -0.15) is 0 Å². The highest BCUT2D eigenvalue weighted by atomic mass is 16.6. The van der Waals surface area contributed by atoms with Gasteiger partial charge in [0.15, 0.2) is 6.10 Å². The highest BCUT2D eigenvalue weighted by Crippen LogP contribution is 2.17. The molecule has 436 valence electrons. The van der Waals surface area contributed by atoms with Gasteiger partial charge in [-0.1, -0.05) is 274 Å². The lowest BCUT2D eigenvalue weighted by atomic mass is 10.0. The number of ether oxygens (including phenoxy) is 3. The van der Waals surface area contributed by atoms with Crippen molar-refractivity contribution in [1.82, 2.24) is 0 Å². The molecule has 0 N–H and O–H groups in total. The molecule has 0 fully saturated rings. The maximum atomic E-state index is 12.9. The largest absolute Gasteiger partial charge is 0.462 e. The van der Waals surface area contributed by atoms with Crippen LogP contribution < -0.4 is 0 Å². The zero-order chi connectivity index (χ0) is 54.3. The van der Waals surface area contributed by atoms with Crippen LogP contribution >= 0.6 is 0 Å². The zero-order valence-corrected chi connectivity index (χ0v) is 50.1. The highest BCUT2D eigenvalue weighted by Gasteiger charge is 2.19. The first-order valence-corrected chi connectivity index (χ1v) is 32.8. The maximum absolute atomic E-state index is 12.9. The summed E-state index contributed by atoms with van der Waals surface area (Å²) in [5.74, 6) is -0.887. The van der Waals surface area contributed by atoms with Crippen molar-refractivity contribution in [3.8, 4) is 0 Å². The van der Waals surface area contributed by atoms with E-state index in [0.29, 0.717) is 19.3 Å². The normalized spacial score (nSPS) is 12.4. The number of esters is 3. The Kier molecular flexibility index (Phi) is 61.2. The molecule has 0 rings (SSSR count). The molecule has 1 atom stereocenters. The Labute approximate surface area is 466 Å². The van der Waals surface area contributed by atoms with Crippen LogP contribution in [0.15, 0.2) is 60.8 Å². The molecule has 0 bridgehead atoms. The van der Waals surface area contributed by atoms with E-state index in [9.17, 15) is 14.4 Å². The summed E-state index contributed by atoms with van der Waals surface area (Å²) < 4.78 is 16.9. The van der Waals surface area contributed by atoms with E-state index in [4.69, 9.17) is 14.2 Å². The van der Waals surface area contributed by atoms with E-state index in [2.05, 4.69) is 81.5 Å². The standard InChI is InChI=1S/C69H124O6/c1-4-7-10-13-16-19-22-25-28-31-33-34-36-38-41-44-47-50-53-56-59-62-68(71)74-65-66(64-73-67(70)61-58-55-52-49-46-43-40-37-30-27-24-21-18-15-12-9-6-3)75-69(72)63-60-57-54-51-48-45-42-39-35-32-29-26-23-20-17-14-11-8-5-2/h18,21,25-30,40,43,66H,4-17,19-20,22-24,31-39,41-42,44-65H2,1-3H3/b21-18-,28-25-,29-26-,30-27-,43-40-/t66-/m1/s1. The van der Waals surface area contributed by atoms with Crippen molar-refractivity contribution in [2.24, 2.45) is 0 Å². The van der Waals surface area contributed by atoms with Crippen LogP contribution in [0.25, 0.3) is 0 Å². The molecule has 6 heteroatoms. The Morgan fingerprint density at radius 1 is 0.267 bits per heavy atom. The van der Waals surface area contributed by atoms with Crippen LogP contribution in [0, 0.1) is 0 Å². The summed E-state index contributed by atoms with van der Waals surface area (Å²) >= 11 is 0. The van der Waals surface area contributed by atoms with E-state index in [1.807, 2.05) is 0 Å². The molecule has 0 aliphatic rings. The minimum Gasteiger partial charge on any atom is -0.462 e. The number of rotatable bonds is 60. The topological polar surface area (TPSA) is 78.9 Å². The van der Waals surface area contributed by atoms with E-state index >= 15 is 0 Å². The Morgan fingerprint density at radius 3 is 0.787 bits per heavy atom. The van der Waals surface area contributed by atoms with E-state index in [1.54, 1.807) is 0 Å². The van der Waals surface area contributed by atoms with Gasteiger partial charge < -0.3 is 14.2 Å². The maximum Gasteiger partial charge on any atom is 0.306 e. The molecule has 0 amide bonds. The molecule has 0 heterocycles. The van der Waals surface area contributed by atoms with Crippen molar-refractivity contribution in [3.05, 3.63) is 60.8 Å². The van der Waals surface area contributed by atoms with Gasteiger partial charge in [-0.25, -0.2) is 0 Å².